The second kappa shape index (κ2) is 7.50. The normalized spacial score (nSPS) is 12.9. The van der Waals surface area contributed by atoms with Crippen LogP contribution in [0.3, 0.4) is 0 Å². The van der Waals surface area contributed by atoms with Crippen LogP contribution in [0.25, 0.3) is 33.5 Å². The van der Waals surface area contributed by atoms with Crippen LogP contribution in [0.2, 0.25) is 0 Å². The molecule has 0 spiro atoms. The molecule has 1 aliphatic rings. The van der Waals surface area contributed by atoms with E-state index in [-0.39, 0.29) is 11.8 Å². The number of carbonyl (C=O) groups excluding carboxylic acids is 2. The van der Waals surface area contributed by atoms with Crippen LogP contribution in [0.1, 0.15) is 20.7 Å². The molecule has 1 aromatic heterocycles. The lowest BCUT2D eigenvalue weighted by Crippen LogP contribution is -2.29. The molecule has 2 heterocycles. The molecule has 6 rings (SSSR count). The molecule has 33 heavy (non-hydrogen) atoms. The summed E-state index contributed by atoms with van der Waals surface area (Å²) in [5.74, 6) is -0.0326. The Balaban J connectivity index is 1.41. The van der Waals surface area contributed by atoms with Gasteiger partial charge in [-0.2, -0.15) is 0 Å². The number of amides is 2. The second-order valence-corrected chi connectivity index (χ2v) is 7.82. The number of anilines is 1. The molecule has 1 aliphatic heterocycles. The maximum atomic E-state index is 12.8. The largest absolute Gasteiger partial charge is 0.268 e. The molecule has 2 amide bonds. The molecular weight excluding hydrogens is 410 g/mol. The van der Waals surface area contributed by atoms with Crippen molar-refractivity contribution in [3.05, 3.63) is 114 Å². The van der Waals surface area contributed by atoms with Crippen LogP contribution >= 0.6 is 0 Å². The number of hydrogen-bond acceptors (Lipinski definition) is 4. The van der Waals surface area contributed by atoms with Crippen molar-refractivity contribution in [3.8, 4) is 22.6 Å². The molecule has 0 atom stereocenters. The summed E-state index contributed by atoms with van der Waals surface area (Å²) in [7, 11) is 0. The SMILES string of the molecule is O=C1c2ccccc2C(=O)N1c1ccc(-c2nc(-c3ccccc3)c3ccccc3n2)cc1. The number of imide groups is 1. The first-order valence-corrected chi connectivity index (χ1v) is 10.6. The molecule has 0 aliphatic carbocycles. The highest BCUT2D eigenvalue weighted by atomic mass is 16.2. The van der Waals surface area contributed by atoms with E-state index in [2.05, 4.69) is 0 Å². The number of hydrogen-bond donors (Lipinski definition) is 0. The fraction of sp³-hybridized carbons (Fsp3) is 0. The molecule has 0 unspecified atom stereocenters. The average Bonchev–Trinajstić information content (AvgIpc) is 3.14. The van der Waals surface area contributed by atoms with Crippen molar-refractivity contribution in [2.24, 2.45) is 0 Å². The Labute approximate surface area is 190 Å². The van der Waals surface area contributed by atoms with E-state index < -0.39 is 0 Å². The minimum Gasteiger partial charge on any atom is -0.268 e. The lowest BCUT2D eigenvalue weighted by atomic mass is 10.1. The minimum absolute atomic E-state index is 0.309. The van der Waals surface area contributed by atoms with Gasteiger partial charge in [0.1, 0.15) is 0 Å². The molecule has 4 aromatic carbocycles. The number of aromatic nitrogens is 2. The quantitative estimate of drug-likeness (QED) is 0.343. The van der Waals surface area contributed by atoms with Gasteiger partial charge in [-0.15, -0.1) is 0 Å². The Bertz CT molecular complexity index is 1510. The smallest absolute Gasteiger partial charge is 0.266 e. The highest BCUT2D eigenvalue weighted by Gasteiger charge is 2.36. The number of para-hydroxylation sites is 1. The summed E-state index contributed by atoms with van der Waals surface area (Å²) in [6, 6.07) is 32.0. The van der Waals surface area contributed by atoms with Crippen molar-refractivity contribution < 1.29 is 9.59 Å². The van der Waals surface area contributed by atoms with Gasteiger partial charge in [-0.05, 0) is 42.5 Å². The van der Waals surface area contributed by atoms with E-state index in [1.807, 2.05) is 66.7 Å². The highest BCUT2D eigenvalue weighted by Crippen LogP contribution is 2.32. The van der Waals surface area contributed by atoms with Crippen LogP contribution < -0.4 is 4.90 Å². The Morgan fingerprint density at radius 3 is 1.85 bits per heavy atom. The first kappa shape index (κ1) is 19.1. The van der Waals surface area contributed by atoms with E-state index in [1.54, 1.807) is 36.4 Å². The van der Waals surface area contributed by atoms with E-state index in [0.29, 0.717) is 22.6 Å². The van der Waals surface area contributed by atoms with Crippen molar-refractivity contribution >= 4 is 28.4 Å². The Kier molecular flexibility index (Phi) is 4.33. The number of rotatable bonds is 3. The van der Waals surface area contributed by atoms with Gasteiger partial charge in [0.2, 0.25) is 0 Å². The van der Waals surface area contributed by atoms with E-state index in [4.69, 9.17) is 9.97 Å². The first-order valence-electron chi connectivity index (χ1n) is 10.6. The molecule has 5 aromatic rings. The molecule has 156 valence electrons. The van der Waals surface area contributed by atoms with Gasteiger partial charge < -0.3 is 0 Å². The van der Waals surface area contributed by atoms with Gasteiger partial charge in [-0.1, -0.05) is 60.7 Å². The fourth-order valence-electron chi connectivity index (χ4n) is 4.21. The Morgan fingerprint density at radius 2 is 1.15 bits per heavy atom. The third-order valence-electron chi connectivity index (χ3n) is 5.83. The summed E-state index contributed by atoms with van der Waals surface area (Å²) in [5.41, 5.74) is 4.91. The third kappa shape index (κ3) is 3.10. The molecular formula is C28H17N3O2. The maximum Gasteiger partial charge on any atom is 0.266 e. The van der Waals surface area contributed by atoms with Gasteiger partial charge in [0.25, 0.3) is 11.8 Å². The lowest BCUT2D eigenvalue weighted by molar-refractivity contribution is 0.0926. The first-order chi connectivity index (χ1) is 16.2. The summed E-state index contributed by atoms with van der Waals surface area (Å²) in [5, 5.41) is 0.982. The van der Waals surface area contributed by atoms with Crippen LogP contribution in [0.5, 0.6) is 0 Å². The van der Waals surface area contributed by atoms with Crippen LogP contribution in [-0.4, -0.2) is 21.8 Å². The van der Waals surface area contributed by atoms with Crippen molar-refractivity contribution in [3.63, 3.8) is 0 Å². The van der Waals surface area contributed by atoms with Crippen LogP contribution in [0.15, 0.2) is 103 Å². The lowest BCUT2D eigenvalue weighted by Gasteiger charge is -2.14. The molecule has 0 saturated heterocycles. The summed E-state index contributed by atoms with van der Waals surface area (Å²) in [4.78, 5) is 36.4. The summed E-state index contributed by atoms with van der Waals surface area (Å²) in [6.45, 7) is 0. The van der Waals surface area contributed by atoms with Crippen LogP contribution in [0, 0.1) is 0 Å². The molecule has 0 fully saturated rings. The van der Waals surface area contributed by atoms with Gasteiger partial charge in [0.05, 0.1) is 28.0 Å². The Hall–Kier alpha value is -4.64. The van der Waals surface area contributed by atoms with E-state index in [1.165, 1.54) is 4.90 Å². The van der Waals surface area contributed by atoms with Crippen molar-refractivity contribution in [1.82, 2.24) is 9.97 Å². The van der Waals surface area contributed by atoms with E-state index in [0.717, 1.165) is 27.7 Å². The predicted octanol–water partition coefficient (Wildman–Crippen LogP) is 5.76. The zero-order valence-electron chi connectivity index (χ0n) is 17.5. The molecule has 0 radical (unpaired) electrons. The molecule has 0 saturated carbocycles. The summed E-state index contributed by atoms with van der Waals surface area (Å²) >= 11 is 0. The van der Waals surface area contributed by atoms with Gasteiger partial charge in [0.15, 0.2) is 5.82 Å². The third-order valence-corrected chi connectivity index (χ3v) is 5.83. The number of nitrogens with zero attached hydrogens (tertiary/aromatic N) is 3. The number of carbonyl (C=O) groups is 2. The maximum absolute atomic E-state index is 12.8. The topological polar surface area (TPSA) is 63.2 Å². The summed E-state index contributed by atoms with van der Waals surface area (Å²) < 4.78 is 0. The molecule has 5 nitrogen and oxygen atoms in total. The van der Waals surface area contributed by atoms with Gasteiger partial charge in [-0.3, -0.25) is 9.59 Å². The van der Waals surface area contributed by atoms with E-state index in [9.17, 15) is 9.59 Å². The molecule has 0 bridgehead atoms. The van der Waals surface area contributed by atoms with Crippen LogP contribution in [0.4, 0.5) is 5.69 Å². The van der Waals surface area contributed by atoms with Gasteiger partial charge in [0, 0.05) is 16.5 Å². The highest BCUT2D eigenvalue weighted by molar-refractivity contribution is 6.34. The van der Waals surface area contributed by atoms with Crippen molar-refractivity contribution in [2.45, 2.75) is 0 Å². The standard InChI is InChI=1S/C28H17N3O2/c32-27-21-10-4-5-11-22(21)28(33)31(27)20-16-14-19(15-17-20)26-29-24-13-7-6-12-23(24)25(30-26)18-8-2-1-3-9-18/h1-17H. The minimum atomic E-state index is -0.309. The fourth-order valence-corrected chi connectivity index (χ4v) is 4.21. The second-order valence-electron chi connectivity index (χ2n) is 7.82. The van der Waals surface area contributed by atoms with Gasteiger partial charge >= 0.3 is 0 Å². The average molecular weight is 427 g/mol. The predicted molar refractivity (Wildman–Crippen MR) is 128 cm³/mol. The Morgan fingerprint density at radius 1 is 0.545 bits per heavy atom. The van der Waals surface area contributed by atoms with E-state index >= 15 is 0 Å². The monoisotopic (exact) mass is 427 g/mol. The summed E-state index contributed by atoms with van der Waals surface area (Å²) in [6.07, 6.45) is 0. The zero-order valence-corrected chi connectivity index (χ0v) is 17.5. The van der Waals surface area contributed by atoms with Gasteiger partial charge in [-0.25, -0.2) is 14.9 Å². The molecule has 5 heteroatoms. The van der Waals surface area contributed by atoms with Crippen molar-refractivity contribution in [1.29, 1.82) is 0 Å². The zero-order chi connectivity index (χ0) is 22.4. The number of fused-ring (bicyclic) bond motifs is 2. The van der Waals surface area contributed by atoms with Crippen LogP contribution in [-0.2, 0) is 0 Å². The number of benzene rings is 4. The van der Waals surface area contributed by atoms with Crippen molar-refractivity contribution in [2.75, 3.05) is 4.90 Å². The molecule has 0 N–H and O–H groups in total.